The van der Waals surface area contributed by atoms with Crippen molar-refractivity contribution >= 4 is 5.97 Å². The summed E-state index contributed by atoms with van der Waals surface area (Å²) in [5.74, 6) is 0.118. The maximum Gasteiger partial charge on any atom is 0.303 e. The Bertz CT molecular complexity index is 493. The van der Waals surface area contributed by atoms with Gasteiger partial charge in [0.1, 0.15) is 5.75 Å². The molecule has 1 aromatic carbocycles. The Labute approximate surface area is 119 Å². The maximum absolute atomic E-state index is 10.4. The van der Waals surface area contributed by atoms with Gasteiger partial charge in [-0.05, 0) is 37.0 Å². The fourth-order valence-electron chi connectivity index (χ4n) is 2.53. The third-order valence-corrected chi connectivity index (χ3v) is 3.82. The molecular weight excluding hydrogens is 256 g/mol. The fourth-order valence-corrected chi connectivity index (χ4v) is 2.53. The Hall–Kier alpha value is -1.55. The van der Waals surface area contributed by atoms with Crippen LogP contribution in [0.4, 0.5) is 0 Å². The molecule has 1 unspecified atom stereocenters. The van der Waals surface area contributed by atoms with Crippen LogP contribution in [0, 0.1) is 0 Å². The Kier molecular flexibility index (Phi) is 4.33. The van der Waals surface area contributed by atoms with Crippen molar-refractivity contribution in [1.82, 2.24) is 0 Å². The van der Waals surface area contributed by atoms with Gasteiger partial charge in [0.2, 0.25) is 0 Å². The highest BCUT2D eigenvalue weighted by molar-refractivity contribution is 5.66. The molecule has 0 spiro atoms. The Morgan fingerprint density at radius 1 is 1.40 bits per heavy atom. The number of carboxylic acid groups (broad SMARTS) is 1. The summed E-state index contributed by atoms with van der Waals surface area (Å²) in [5, 5.41) is 18.8. The highest BCUT2D eigenvalue weighted by Crippen LogP contribution is 2.39. The van der Waals surface area contributed by atoms with Crippen LogP contribution >= 0.6 is 0 Å². The molecule has 0 saturated carbocycles. The second-order valence-corrected chi connectivity index (χ2v) is 6.08. The largest absolute Gasteiger partial charge is 0.492 e. The zero-order valence-corrected chi connectivity index (χ0v) is 12.1. The lowest BCUT2D eigenvalue weighted by atomic mass is 9.85. The second-order valence-electron chi connectivity index (χ2n) is 6.08. The monoisotopic (exact) mass is 278 g/mol. The van der Waals surface area contributed by atoms with Crippen molar-refractivity contribution in [2.24, 2.45) is 0 Å². The van der Waals surface area contributed by atoms with Crippen molar-refractivity contribution in [3.8, 4) is 5.75 Å². The molecule has 1 aliphatic heterocycles. The molecule has 0 aromatic heterocycles. The van der Waals surface area contributed by atoms with Crippen LogP contribution < -0.4 is 4.74 Å². The van der Waals surface area contributed by atoms with Gasteiger partial charge in [0.05, 0.1) is 12.7 Å². The van der Waals surface area contributed by atoms with Crippen LogP contribution in [0.15, 0.2) is 18.2 Å². The molecule has 0 radical (unpaired) electrons. The number of unbranched alkanes of at least 4 members (excludes halogenated alkanes) is 1. The average molecular weight is 278 g/mol. The van der Waals surface area contributed by atoms with Crippen LogP contribution in [0.1, 0.15) is 56.8 Å². The fraction of sp³-hybridized carbons (Fsp3) is 0.562. The van der Waals surface area contributed by atoms with Gasteiger partial charge in [0, 0.05) is 17.4 Å². The van der Waals surface area contributed by atoms with E-state index in [1.54, 1.807) is 0 Å². The minimum atomic E-state index is -0.782. The van der Waals surface area contributed by atoms with Crippen LogP contribution in [0.3, 0.4) is 0 Å². The molecule has 20 heavy (non-hydrogen) atoms. The number of aliphatic carboxylic acids is 1. The normalized spacial score (nSPS) is 17.4. The quantitative estimate of drug-likeness (QED) is 0.785. The highest BCUT2D eigenvalue weighted by atomic mass is 16.5. The number of hydrogen-bond acceptors (Lipinski definition) is 3. The van der Waals surface area contributed by atoms with E-state index < -0.39 is 12.1 Å². The molecule has 1 atom stereocenters. The first-order valence-corrected chi connectivity index (χ1v) is 7.07. The van der Waals surface area contributed by atoms with E-state index in [1.165, 1.54) is 0 Å². The minimum Gasteiger partial charge on any atom is -0.492 e. The molecule has 1 heterocycles. The zero-order chi connectivity index (χ0) is 14.8. The molecule has 0 bridgehead atoms. The number of carbonyl (C=O) groups is 1. The smallest absolute Gasteiger partial charge is 0.303 e. The molecule has 4 nitrogen and oxygen atoms in total. The van der Waals surface area contributed by atoms with Crippen molar-refractivity contribution < 1.29 is 19.7 Å². The van der Waals surface area contributed by atoms with Crippen molar-refractivity contribution in [2.45, 2.75) is 51.0 Å². The SMILES string of the molecule is CC1(C)COc2ccc(C(O)CCCCC(=O)O)cc21. The van der Waals surface area contributed by atoms with Gasteiger partial charge in [0.15, 0.2) is 0 Å². The van der Waals surface area contributed by atoms with Crippen molar-refractivity contribution in [1.29, 1.82) is 0 Å². The summed E-state index contributed by atoms with van der Waals surface area (Å²) in [6, 6.07) is 5.83. The summed E-state index contributed by atoms with van der Waals surface area (Å²) in [6.07, 6.45) is 1.53. The first kappa shape index (κ1) is 14.9. The number of fused-ring (bicyclic) bond motifs is 1. The molecule has 1 aliphatic rings. The predicted octanol–water partition coefficient (Wildman–Crippen LogP) is 3.04. The summed E-state index contributed by atoms with van der Waals surface area (Å²) in [7, 11) is 0. The molecule has 0 amide bonds. The van der Waals surface area contributed by atoms with Gasteiger partial charge in [0.25, 0.3) is 0 Å². The molecular formula is C16H22O4. The molecule has 2 rings (SSSR count). The Morgan fingerprint density at radius 3 is 2.85 bits per heavy atom. The summed E-state index contributed by atoms with van der Waals surface area (Å²) < 4.78 is 5.63. The van der Waals surface area contributed by atoms with E-state index in [2.05, 4.69) is 13.8 Å². The third-order valence-electron chi connectivity index (χ3n) is 3.82. The van der Waals surface area contributed by atoms with Gasteiger partial charge >= 0.3 is 5.97 Å². The van der Waals surface area contributed by atoms with Gasteiger partial charge in [-0.1, -0.05) is 19.9 Å². The van der Waals surface area contributed by atoms with Gasteiger partial charge in [-0.2, -0.15) is 0 Å². The molecule has 110 valence electrons. The van der Waals surface area contributed by atoms with Crippen LogP contribution in [-0.4, -0.2) is 22.8 Å². The summed E-state index contributed by atoms with van der Waals surface area (Å²) >= 11 is 0. The Balaban J connectivity index is 1.97. The summed E-state index contributed by atoms with van der Waals surface area (Å²) in [6.45, 7) is 4.92. The molecule has 0 aliphatic carbocycles. The number of aliphatic hydroxyl groups is 1. The molecule has 0 saturated heterocycles. The van der Waals surface area contributed by atoms with Crippen LogP contribution in [0.25, 0.3) is 0 Å². The first-order valence-electron chi connectivity index (χ1n) is 7.07. The van der Waals surface area contributed by atoms with Gasteiger partial charge in [-0.3, -0.25) is 4.79 Å². The second kappa shape index (κ2) is 5.83. The van der Waals surface area contributed by atoms with E-state index in [-0.39, 0.29) is 11.8 Å². The average Bonchev–Trinajstić information content (AvgIpc) is 2.70. The summed E-state index contributed by atoms with van der Waals surface area (Å²) in [4.78, 5) is 10.4. The lowest BCUT2D eigenvalue weighted by molar-refractivity contribution is -0.137. The van der Waals surface area contributed by atoms with Crippen LogP contribution in [0.2, 0.25) is 0 Å². The van der Waals surface area contributed by atoms with E-state index in [4.69, 9.17) is 9.84 Å². The van der Waals surface area contributed by atoms with E-state index in [0.29, 0.717) is 25.9 Å². The lowest BCUT2D eigenvalue weighted by Gasteiger charge is -2.17. The standard InChI is InChI=1S/C16H22O4/c1-16(2)10-20-14-8-7-11(9-12(14)16)13(17)5-3-4-6-15(18)19/h7-9,13,17H,3-6,10H2,1-2H3,(H,18,19). The molecule has 2 N–H and O–H groups in total. The maximum atomic E-state index is 10.4. The van der Waals surface area contributed by atoms with E-state index in [1.807, 2.05) is 18.2 Å². The molecule has 4 heteroatoms. The topological polar surface area (TPSA) is 66.8 Å². The van der Waals surface area contributed by atoms with Gasteiger partial charge < -0.3 is 14.9 Å². The van der Waals surface area contributed by atoms with Crippen LogP contribution in [0.5, 0.6) is 5.75 Å². The number of carboxylic acids is 1. The van der Waals surface area contributed by atoms with E-state index in [0.717, 1.165) is 16.9 Å². The Morgan fingerprint density at radius 2 is 2.15 bits per heavy atom. The van der Waals surface area contributed by atoms with E-state index in [9.17, 15) is 9.90 Å². The van der Waals surface area contributed by atoms with Gasteiger partial charge in [-0.15, -0.1) is 0 Å². The summed E-state index contributed by atoms with van der Waals surface area (Å²) in [5.41, 5.74) is 2.01. The van der Waals surface area contributed by atoms with Gasteiger partial charge in [-0.25, -0.2) is 0 Å². The van der Waals surface area contributed by atoms with Crippen molar-refractivity contribution in [2.75, 3.05) is 6.61 Å². The van der Waals surface area contributed by atoms with E-state index >= 15 is 0 Å². The highest BCUT2D eigenvalue weighted by Gasteiger charge is 2.32. The first-order chi connectivity index (χ1) is 9.40. The number of aliphatic hydroxyl groups excluding tert-OH is 1. The van der Waals surface area contributed by atoms with Crippen LogP contribution in [-0.2, 0) is 10.2 Å². The number of benzene rings is 1. The number of hydrogen-bond donors (Lipinski definition) is 2. The lowest BCUT2D eigenvalue weighted by Crippen LogP contribution is -2.18. The third kappa shape index (κ3) is 3.31. The minimum absolute atomic E-state index is 0.0195. The number of ether oxygens (including phenoxy) is 1. The van der Waals surface area contributed by atoms with Crippen molar-refractivity contribution in [3.05, 3.63) is 29.3 Å². The number of rotatable bonds is 6. The van der Waals surface area contributed by atoms with Crippen molar-refractivity contribution in [3.63, 3.8) is 0 Å². The zero-order valence-electron chi connectivity index (χ0n) is 12.1. The predicted molar refractivity (Wildman–Crippen MR) is 76.0 cm³/mol. The molecule has 1 aromatic rings. The molecule has 0 fully saturated rings.